The number of rotatable bonds is 33. The highest BCUT2D eigenvalue weighted by atomic mass is 16.6. The van der Waals surface area contributed by atoms with Crippen molar-refractivity contribution < 1.29 is 47.4 Å². The van der Waals surface area contributed by atoms with Crippen LogP contribution in [0.2, 0.25) is 0 Å². The monoisotopic (exact) mass is 1310 g/mol. The van der Waals surface area contributed by atoms with Crippen molar-refractivity contribution >= 4 is 21.5 Å². The first-order valence-corrected chi connectivity index (χ1v) is 33.4. The molecule has 12 aromatic rings. The second kappa shape index (κ2) is 33.5. The third-order valence-corrected chi connectivity index (χ3v) is 17.1. The van der Waals surface area contributed by atoms with Gasteiger partial charge in [-0.25, -0.2) is 0 Å². The molecule has 98 heavy (non-hydrogen) atoms. The standard InChI is InChI=1S/C84H82N4O10/c1-57-49-65(59-19-29-71(89-3)30-20-59)53-77(85-57)79-55-67(61-23-33-73(91-5)34-24-61)51-69(87-79)15-11-39-93-41-43-95-45-47-97-81-37-27-63-13-7-9-17-75(63)83(81)84-76-18-10-8-14-64(76)28-38-82(84)98-48-46-96-44-42-94-40-12-16-70-52-68(62-25-35-74(92-6)36-26-62)56-80(88-70)78-54-66(50-58(2)86-78)60-21-31-72(90-4)32-22-60/h7-10,13-14,17-38,49-56H,11-12,15-16,39-48H2,1-6H3. The molecular formula is C84H82N4O10. The van der Waals surface area contributed by atoms with Crippen molar-refractivity contribution in [1.29, 1.82) is 0 Å². The van der Waals surface area contributed by atoms with Crippen molar-refractivity contribution in [1.82, 2.24) is 19.9 Å². The molecule has 0 spiro atoms. The Morgan fingerprint density at radius 2 is 0.582 bits per heavy atom. The van der Waals surface area contributed by atoms with E-state index in [0.717, 1.165) is 183 Å². The van der Waals surface area contributed by atoms with Crippen LogP contribution in [0.5, 0.6) is 34.5 Å². The summed E-state index contributed by atoms with van der Waals surface area (Å²) in [6.45, 7) is 8.34. The third-order valence-electron chi connectivity index (χ3n) is 17.1. The van der Waals surface area contributed by atoms with Crippen LogP contribution in [0.3, 0.4) is 0 Å². The molecule has 12 rings (SSSR count). The summed E-state index contributed by atoms with van der Waals surface area (Å²) in [5.74, 6) is 4.71. The summed E-state index contributed by atoms with van der Waals surface area (Å²) in [6.07, 6.45) is 3.00. The lowest BCUT2D eigenvalue weighted by Crippen LogP contribution is -2.12. The largest absolute Gasteiger partial charge is 0.497 e. The van der Waals surface area contributed by atoms with Gasteiger partial charge in [-0.15, -0.1) is 0 Å². The van der Waals surface area contributed by atoms with Gasteiger partial charge in [-0.1, -0.05) is 109 Å². The Morgan fingerprint density at radius 1 is 0.276 bits per heavy atom. The summed E-state index contributed by atoms with van der Waals surface area (Å²) < 4.78 is 59.5. The molecule has 0 aliphatic rings. The second-order valence-electron chi connectivity index (χ2n) is 23.8. The van der Waals surface area contributed by atoms with E-state index in [2.05, 4.69) is 158 Å². The average molecular weight is 1310 g/mol. The van der Waals surface area contributed by atoms with E-state index in [4.69, 9.17) is 67.3 Å². The Morgan fingerprint density at radius 3 is 0.929 bits per heavy atom. The minimum absolute atomic E-state index is 0.340. The molecule has 0 radical (unpaired) electrons. The first-order valence-electron chi connectivity index (χ1n) is 33.4. The molecule has 0 aliphatic carbocycles. The fourth-order valence-corrected chi connectivity index (χ4v) is 12.1. The number of fused-ring (bicyclic) bond motifs is 2. The van der Waals surface area contributed by atoms with Gasteiger partial charge in [0.15, 0.2) is 0 Å². The number of ether oxygens (including phenoxy) is 10. The van der Waals surface area contributed by atoms with E-state index in [-0.39, 0.29) is 0 Å². The van der Waals surface area contributed by atoms with Crippen molar-refractivity contribution in [3.05, 3.63) is 241 Å². The fourth-order valence-electron chi connectivity index (χ4n) is 12.1. The van der Waals surface area contributed by atoms with E-state index < -0.39 is 0 Å². The lowest BCUT2D eigenvalue weighted by atomic mass is 9.92. The lowest BCUT2D eigenvalue weighted by molar-refractivity contribution is 0.0356. The fraction of sp³-hybridized carbons (Fsp3) is 0.238. The zero-order valence-electron chi connectivity index (χ0n) is 56.6. The second-order valence-corrected chi connectivity index (χ2v) is 23.8. The number of benzene rings is 8. The summed E-state index contributed by atoms with van der Waals surface area (Å²) >= 11 is 0. The quantitative estimate of drug-likeness (QED) is 0.0360. The average Bonchev–Trinajstić information content (AvgIpc) is 0.776. The maximum atomic E-state index is 6.65. The number of aromatic nitrogens is 4. The van der Waals surface area contributed by atoms with Crippen LogP contribution < -0.4 is 28.4 Å². The Kier molecular flexibility index (Phi) is 23.0. The van der Waals surface area contributed by atoms with Gasteiger partial charge in [-0.05, 0) is 215 Å². The number of hydrogen-bond acceptors (Lipinski definition) is 14. The molecule has 14 heteroatoms. The molecule has 0 aliphatic heterocycles. The molecule has 498 valence electrons. The molecule has 0 amide bonds. The van der Waals surface area contributed by atoms with Gasteiger partial charge in [-0.2, -0.15) is 0 Å². The Bertz CT molecular complexity index is 4310. The van der Waals surface area contributed by atoms with Gasteiger partial charge < -0.3 is 47.4 Å². The molecular weight excluding hydrogens is 1220 g/mol. The highest BCUT2D eigenvalue weighted by Gasteiger charge is 2.21. The van der Waals surface area contributed by atoms with Crippen molar-refractivity contribution in [3.8, 4) is 113 Å². The van der Waals surface area contributed by atoms with Crippen molar-refractivity contribution in [2.75, 3.05) is 94.5 Å². The predicted molar refractivity (Wildman–Crippen MR) is 390 cm³/mol. The van der Waals surface area contributed by atoms with Gasteiger partial charge in [0, 0.05) is 47.1 Å². The normalized spacial score (nSPS) is 11.3. The number of hydrogen-bond donors (Lipinski definition) is 0. The maximum absolute atomic E-state index is 6.65. The number of methoxy groups -OCH3 is 4. The van der Waals surface area contributed by atoms with Gasteiger partial charge in [0.05, 0.1) is 90.9 Å². The van der Waals surface area contributed by atoms with E-state index >= 15 is 0 Å². The first-order chi connectivity index (χ1) is 48.2. The predicted octanol–water partition coefficient (Wildman–Crippen LogP) is 18.0. The van der Waals surface area contributed by atoms with Crippen LogP contribution in [-0.4, -0.2) is 114 Å². The Labute approximate surface area is 574 Å². The number of nitrogens with zero attached hydrogens (tertiary/aromatic N) is 4. The highest BCUT2D eigenvalue weighted by molar-refractivity contribution is 6.09. The number of pyridine rings is 4. The van der Waals surface area contributed by atoms with Crippen LogP contribution in [0.25, 0.3) is 100.0 Å². The van der Waals surface area contributed by atoms with Gasteiger partial charge >= 0.3 is 0 Å². The summed E-state index contributed by atoms with van der Waals surface area (Å²) in [5, 5.41) is 4.30. The van der Waals surface area contributed by atoms with Crippen LogP contribution in [0, 0.1) is 13.8 Å². The maximum Gasteiger partial charge on any atom is 0.128 e. The molecule has 0 saturated carbocycles. The van der Waals surface area contributed by atoms with E-state index in [0.29, 0.717) is 66.1 Å². The van der Waals surface area contributed by atoms with Gasteiger partial charge in [-0.3, -0.25) is 19.9 Å². The Hall–Kier alpha value is -10.5. The topological polar surface area (TPSA) is 144 Å². The van der Waals surface area contributed by atoms with Crippen LogP contribution in [-0.2, 0) is 31.8 Å². The third kappa shape index (κ3) is 17.4. The Balaban J connectivity index is 0.625. The van der Waals surface area contributed by atoms with Crippen LogP contribution in [0.1, 0.15) is 35.6 Å². The van der Waals surface area contributed by atoms with E-state index in [1.54, 1.807) is 28.4 Å². The molecule has 0 saturated heterocycles. The van der Waals surface area contributed by atoms with Gasteiger partial charge in [0.2, 0.25) is 0 Å². The zero-order chi connectivity index (χ0) is 67.4. The molecule has 0 bridgehead atoms. The van der Waals surface area contributed by atoms with Crippen LogP contribution >= 0.6 is 0 Å². The zero-order valence-corrected chi connectivity index (χ0v) is 56.6. The minimum atomic E-state index is 0.340. The molecule has 0 fully saturated rings. The lowest BCUT2D eigenvalue weighted by Gasteiger charge is -2.20. The SMILES string of the molecule is COc1ccc(-c2cc(C)nc(-c3cc(-c4ccc(OC)cc4)cc(CCCOCCOCCOc4ccc5ccccc5c4-c4c(OCCOCCOCCCc5cc(-c6ccc(OC)cc6)cc(-c6cc(-c7ccc(OC)cc7)cc(C)n6)n5)ccc5ccccc45)n3)c2)cc1. The molecule has 4 heterocycles. The van der Waals surface area contributed by atoms with E-state index in [1.165, 1.54) is 0 Å². The molecule has 8 aromatic carbocycles. The first kappa shape index (κ1) is 67.5. The highest BCUT2D eigenvalue weighted by Crippen LogP contribution is 2.46. The van der Waals surface area contributed by atoms with Gasteiger partial charge in [0.25, 0.3) is 0 Å². The minimum Gasteiger partial charge on any atom is -0.497 e. The smallest absolute Gasteiger partial charge is 0.128 e. The molecule has 4 aromatic heterocycles. The summed E-state index contributed by atoms with van der Waals surface area (Å²) in [6, 6.07) is 74.4. The molecule has 0 unspecified atom stereocenters. The molecule has 14 nitrogen and oxygen atoms in total. The van der Waals surface area contributed by atoms with Crippen molar-refractivity contribution in [2.45, 2.75) is 39.5 Å². The van der Waals surface area contributed by atoms with Crippen LogP contribution in [0.4, 0.5) is 0 Å². The number of aryl methyl sites for hydroxylation is 4. The summed E-state index contributed by atoms with van der Waals surface area (Å²) in [7, 11) is 6.71. The van der Waals surface area contributed by atoms with Crippen LogP contribution in [0.15, 0.2) is 218 Å². The summed E-state index contributed by atoms with van der Waals surface area (Å²) in [5.41, 5.74) is 17.4. The molecule has 0 N–H and O–H groups in total. The van der Waals surface area contributed by atoms with Gasteiger partial charge in [0.1, 0.15) is 47.7 Å². The summed E-state index contributed by atoms with van der Waals surface area (Å²) in [4.78, 5) is 20.2. The molecule has 0 atom stereocenters. The van der Waals surface area contributed by atoms with E-state index in [1.807, 2.05) is 74.5 Å². The van der Waals surface area contributed by atoms with Crippen molar-refractivity contribution in [2.24, 2.45) is 0 Å². The van der Waals surface area contributed by atoms with Crippen molar-refractivity contribution in [3.63, 3.8) is 0 Å². The van der Waals surface area contributed by atoms with E-state index in [9.17, 15) is 0 Å².